The van der Waals surface area contributed by atoms with Crippen molar-refractivity contribution in [2.24, 2.45) is 7.05 Å². The van der Waals surface area contributed by atoms with Gasteiger partial charge in [-0.05, 0) is 31.0 Å². The predicted octanol–water partition coefficient (Wildman–Crippen LogP) is -1.18. The summed E-state index contributed by atoms with van der Waals surface area (Å²) >= 11 is 0. The number of nitrogens with zero attached hydrogens (tertiary/aromatic N) is 2. The fourth-order valence-corrected chi connectivity index (χ4v) is 2.81. The number of hydrogen-bond acceptors (Lipinski definition) is 7. The SMILES string of the molecule is COC(=O)[C@H](Cc1ccc(-n2c(=O)c(CO)c(C)n(C)c2=O)cc1)N[B]C=O. The molecular weight excluding hydrogens is 365 g/mol. The normalized spacial score (nSPS) is 11.7. The summed E-state index contributed by atoms with van der Waals surface area (Å²) in [7, 11) is 3.89. The number of benzene rings is 1. The van der Waals surface area contributed by atoms with E-state index < -0.39 is 29.9 Å². The Bertz CT molecular complexity index is 981. The molecule has 9 nitrogen and oxygen atoms in total. The lowest BCUT2D eigenvalue weighted by atomic mass is 9.94. The number of aliphatic hydroxyl groups excluding tert-OH is 1. The molecule has 2 rings (SSSR count). The van der Waals surface area contributed by atoms with E-state index in [2.05, 4.69) is 5.23 Å². The van der Waals surface area contributed by atoms with Crippen molar-refractivity contribution in [2.75, 3.05) is 7.11 Å². The highest BCUT2D eigenvalue weighted by atomic mass is 16.5. The van der Waals surface area contributed by atoms with Gasteiger partial charge in [-0.2, -0.15) is 0 Å². The van der Waals surface area contributed by atoms with E-state index in [1.165, 1.54) is 18.7 Å². The molecule has 0 fully saturated rings. The number of ether oxygens (including phenoxy) is 1. The molecule has 0 saturated heterocycles. The maximum absolute atomic E-state index is 12.6. The van der Waals surface area contributed by atoms with Crippen LogP contribution in [0.15, 0.2) is 33.9 Å². The van der Waals surface area contributed by atoms with Crippen LogP contribution in [0.3, 0.4) is 0 Å². The number of rotatable bonds is 8. The smallest absolute Gasteiger partial charge is 0.335 e. The minimum Gasteiger partial charge on any atom is -0.468 e. The van der Waals surface area contributed by atoms with E-state index in [0.29, 0.717) is 17.6 Å². The minimum absolute atomic E-state index is 0.144. The Kier molecular flexibility index (Phi) is 7.08. The van der Waals surface area contributed by atoms with E-state index in [4.69, 9.17) is 4.74 Å². The summed E-state index contributed by atoms with van der Waals surface area (Å²) in [6.45, 7) is 1.12. The zero-order valence-corrected chi connectivity index (χ0v) is 15.8. The van der Waals surface area contributed by atoms with Crippen LogP contribution >= 0.6 is 0 Å². The van der Waals surface area contributed by atoms with Crippen LogP contribution in [0.2, 0.25) is 0 Å². The van der Waals surface area contributed by atoms with Gasteiger partial charge in [-0.3, -0.25) is 9.59 Å². The molecule has 2 aromatic rings. The highest BCUT2D eigenvalue weighted by Crippen LogP contribution is 2.10. The predicted molar refractivity (Wildman–Crippen MR) is 103 cm³/mol. The molecule has 0 saturated carbocycles. The second-order valence-corrected chi connectivity index (χ2v) is 6.12. The lowest BCUT2D eigenvalue weighted by Crippen LogP contribution is -2.42. The molecule has 2 N–H and O–H groups in total. The molecule has 0 amide bonds. The Morgan fingerprint density at radius 1 is 1.32 bits per heavy atom. The number of aromatic nitrogens is 2. The zero-order chi connectivity index (χ0) is 20.8. The number of methoxy groups -OCH3 is 1. The third-order valence-electron chi connectivity index (χ3n) is 4.52. The van der Waals surface area contributed by atoms with Crippen molar-refractivity contribution in [1.29, 1.82) is 0 Å². The molecule has 1 radical (unpaired) electrons. The minimum atomic E-state index is -0.753. The quantitative estimate of drug-likeness (QED) is 0.333. The standard InChI is InChI=1S/C18H21BN3O6/c1-11-14(9-23)16(25)22(18(27)21(11)2)13-6-4-12(5-7-13)8-15(17(26)28-3)20-19-10-24/h4-7,10,15,20,23H,8-9H2,1-3H3/t15-/m0/s1. The first-order chi connectivity index (χ1) is 13.3. The molecule has 28 heavy (non-hydrogen) atoms. The topological polar surface area (TPSA) is 120 Å². The lowest BCUT2D eigenvalue weighted by Gasteiger charge is -2.16. The van der Waals surface area contributed by atoms with Gasteiger partial charge in [0.1, 0.15) is 6.04 Å². The monoisotopic (exact) mass is 386 g/mol. The van der Waals surface area contributed by atoms with Crippen molar-refractivity contribution in [1.82, 2.24) is 14.4 Å². The summed E-state index contributed by atoms with van der Waals surface area (Å²) in [5.74, 6) is -0.529. The van der Waals surface area contributed by atoms with Crippen molar-refractivity contribution in [2.45, 2.75) is 26.0 Å². The van der Waals surface area contributed by atoms with Crippen LogP contribution in [0.5, 0.6) is 0 Å². The average molecular weight is 386 g/mol. The van der Waals surface area contributed by atoms with Crippen molar-refractivity contribution in [3.63, 3.8) is 0 Å². The van der Waals surface area contributed by atoms with Crippen molar-refractivity contribution in [3.05, 3.63) is 61.9 Å². The number of esters is 1. The zero-order valence-electron chi connectivity index (χ0n) is 15.8. The number of carbonyl (C=O) groups excluding carboxylic acids is 2. The van der Waals surface area contributed by atoms with E-state index in [9.17, 15) is 24.3 Å². The van der Waals surface area contributed by atoms with Crippen LogP contribution in [0.4, 0.5) is 0 Å². The molecule has 0 aliphatic rings. The van der Waals surface area contributed by atoms with Gasteiger partial charge in [0.05, 0.1) is 31.2 Å². The number of hydrogen-bond donors (Lipinski definition) is 2. The Hall–Kier alpha value is -2.98. The van der Waals surface area contributed by atoms with Gasteiger partial charge in [-0.15, -0.1) is 0 Å². The maximum Gasteiger partial charge on any atom is 0.335 e. The first-order valence-corrected chi connectivity index (χ1v) is 8.48. The molecule has 1 aromatic carbocycles. The first kappa shape index (κ1) is 21.3. The summed E-state index contributed by atoms with van der Waals surface area (Å²) < 4.78 is 6.99. The second kappa shape index (κ2) is 9.29. The van der Waals surface area contributed by atoms with E-state index in [1.54, 1.807) is 31.2 Å². The Balaban J connectivity index is 2.39. The van der Waals surface area contributed by atoms with Gasteiger partial charge in [0.2, 0.25) is 0 Å². The van der Waals surface area contributed by atoms with Gasteiger partial charge in [0, 0.05) is 12.7 Å². The highest BCUT2D eigenvalue weighted by Gasteiger charge is 2.19. The van der Waals surface area contributed by atoms with Gasteiger partial charge in [-0.25, -0.2) is 9.36 Å². The van der Waals surface area contributed by atoms with Crippen LogP contribution < -0.4 is 16.5 Å². The largest absolute Gasteiger partial charge is 0.468 e. The summed E-state index contributed by atoms with van der Waals surface area (Å²) in [6, 6.07) is 5.73. The van der Waals surface area contributed by atoms with Crippen molar-refractivity contribution in [3.8, 4) is 5.69 Å². The number of nitrogens with one attached hydrogen (secondary N) is 1. The van der Waals surface area contributed by atoms with E-state index in [1.807, 2.05) is 0 Å². The molecule has 147 valence electrons. The first-order valence-electron chi connectivity index (χ1n) is 8.48. The molecule has 0 aliphatic carbocycles. The Morgan fingerprint density at radius 3 is 2.50 bits per heavy atom. The summed E-state index contributed by atoms with van der Waals surface area (Å²) in [6.07, 6.45) is 0.761. The molecule has 1 aromatic heterocycles. The number of carbonyl (C=O) groups is 2. The number of aliphatic hydroxyl groups is 1. The summed E-state index contributed by atoms with van der Waals surface area (Å²) in [5, 5.41) is 12.1. The van der Waals surface area contributed by atoms with Crippen LogP contribution in [0.25, 0.3) is 5.69 Å². The van der Waals surface area contributed by atoms with Crippen LogP contribution in [0.1, 0.15) is 16.8 Å². The van der Waals surface area contributed by atoms with Crippen molar-refractivity contribution < 1.29 is 19.4 Å². The molecular formula is C18H21BN3O6. The fraction of sp³-hybridized carbons (Fsp3) is 0.333. The average Bonchev–Trinajstić information content (AvgIpc) is 2.70. The van der Waals surface area contributed by atoms with Crippen molar-refractivity contribution >= 4 is 19.6 Å². The van der Waals surface area contributed by atoms with Gasteiger partial charge in [0.15, 0.2) is 0 Å². The van der Waals surface area contributed by atoms with Gasteiger partial charge >= 0.3 is 11.7 Å². The molecule has 0 aliphatic heterocycles. The second-order valence-electron chi connectivity index (χ2n) is 6.12. The summed E-state index contributed by atoms with van der Waals surface area (Å²) in [5.41, 5.74) is 0.512. The maximum atomic E-state index is 12.6. The molecule has 0 unspecified atom stereocenters. The van der Waals surface area contributed by atoms with Gasteiger partial charge in [-0.1, -0.05) is 12.1 Å². The van der Waals surface area contributed by atoms with E-state index >= 15 is 0 Å². The van der Waals surface area contributed by atoms with E-state index in [0.717, 1.165) is 17.5 Å². The molecule has 1 heterocycles. The fourth-order valence-electron chi connectivity index (χ4n) is 2.81. The Morgan fingerprint density at radius 2 is 1.96 bits per heavy atom. The third kappa shape index (κ3) is 4.29. The van der Waals surface area contributed by atoms with Crippen LogP contribution in [0, 0.1) is 6.92 Å². The molecule has 0 spiro atoms. The summed E-state index contributed by atoms with van der Waals surface area (Å²) in [4.78, 5) is 47.4. The van der Waals surface area contributed by atoms with Crippen LogP contribution in [-0.2, 0) is 34.4 Å². The van der Waals surface area contributed by atoms with Gasteiger partial charge < -0.3 is 24.4 Å². The lowest BCUT2D eigenvalue weighted by molar-refractivity contribution is -0.142. The Labute approximate surface area is 161 Å². The third-order valence-corrected chi connectivity index (χ3v) is 4.52. The van der Waals surface area contributed by atoms with E-state index in [-0.39, 0.29) is 12.0 Å². The molecule has 1 atom stereocenters. The molecule has 10 heteroatoms. The van der Waals surface area contributed by atoms with Crippen LogP contribution in [-0.4, -0.2) is 47.0 Å². The van der Waals surface area contributed by atoms with Gasteiger partial charge in [0.25, 0.3) is 13.0 Å². The molecule has 0 bridgehead atoms. The highest BCUT2D eigenvalue weighted by molar-refractivity contribution is 6.64.